The van der Waals surface area contributed by atoms with E-state index in [9.17, 15) is 13.6 Å². The summed E-state index contributed by atoms with van der Waals surface area (Å²) < 4.78 is 34.5. The van der Waals surface area contributed by atoms with E-state index in [1.807, 2.05) is 24.3 Å². The third-order valence-corrected chi connectivity index (χ3v) is 4.46. The highest BCUT2D eigenvalue weighted by molar-refractivity contribution is 5.95. The Balaban J connectivity index is 1.59. The Morgan fingerprint density at radius 3 is 2.81 bits per heavy atom. The number of nitrogens with zero attached hydrogens (tertiary/aromatic N) is 1. The lowest BCUT2D eigenvalue weighted by Gasteiger charge is -2.29. The number of fused-ring (bicyclic) bond motifs is 1. The van der Waals surface area contributed by atoms with Crippen LogP contribution in [-0.4, -0.2) is 32.7 Å². The molecule has 0 saturated heterocycles. The predicted octanol–water partition coefficient (Wildman–Crippen LogP) is 3.37. The van der Waals surface area contributed by atoms with E-state index in [-0.39, 0.29) is 24.0 Å². The second-order valence-electron chi connectivity index (χ2n) is 6.24. The fourth-order valence-corrected chi connectivity index (χ4v) is 3.22. The summed E-state index contributed by atoms with van der Waals surface area (Å²) in [5.74, 6) is 0.197. The van der Waals surface area contributed by atoms with Crippen LogP contribution in [-0.2, 0) is 17.8 Å². The predicted molar refractivity (Wildman–Crippen MR) is 98.4 cm³/mol. The molecule has 0 atom stereocenters. The fourth-order valence-electron chi connectivity index (χ4n) is 3.22. The van der Waals surface area contributed by atoms with Gasteiger partial charge in [0.2, 0.25) is 5.91 Å². The van der Waals surface area contributed by atoms with E-state index < -0.39 is 6.61 Å². The number of anilines is 1. The first-order valence-corrected chi connectivity index (χ1v) is 8.79. The summed E-state index contributed by atoms with van der Waals surface area (Å²) in [6.07, 6.45) is 1.92. The molecule has 1 aliphatic heterocycles. The van der Waals surface area contributed by atoms with Crippen molar-refractivity contribution in [2.24, 2.45) is 0 Å². The first kappa shape index (κ1) is 19.1. The van der Waals surface area contributed by atoms with Gasteiger partial charge in [0.15, 0.2) is 11.5 Å². The monoisotopic (exact) mass is 376 g/mol. The van der Waals surface area contributed by atoms with E-state index in [1.54, 1.807) is 17.0 Å². The Morgan fingerprint density at radius 1 is 1.22 bits per heavy atom. The van der Waals surface area contributed by atoms with E-state index in [2.05, 4.69) is 10.1 Å². The summed E-state index contributed by atoms with van der Waals surface area (Å²) >= 11 is 0. The van der Waals surface area contributed by atoms with Crippen molar-refractivity contribution in [3.63, 3.8) is 0 Å². The number of alkyl halides is 2. The summed E-state index contributed by atoms with van der Waals surface area (Å²) in [6, 6.07) is 12.7. The smallest absolute Gasteiger partial charge is 0.387 e. The minimum atomic E-state index is -2.93. The number of ether oxygens (including phenoxy) is 2. The molecular weight excluding hydrogens is 354 g/mol. The van der Waals surface area contributed by atoms with Gasteiger partial charge in [0.25, 0.3) is 0 Å². The van der Waals surface area contributed by atoms with Gasteiger partial charge in [-0.3, -0.25) is 4.79 Å². The molecule has 0 fully saturated rings. The van der Waals surface area contributed by atoms with Crippen molar-refractivity contribution in [1.82, 2.24) is 5.32 Å². The Kier molecular flexibility index (Phi) is 6.24. The summed E-state index contributed by atoms with van der Waals surface area (Å²) in [5, 5.41) is 3.07. The van der Waals surface area contributed by atoms with E-state index in [1.165, 1.54) is 18.7 Å². The summed E-state index contributed by atoms with van der Waals surface area (Å²) in [5.41, 5.74) is 2.87. The SMILES string of the molecule is COc1ccc(CNCC(=O)N2CCCc3ccccc32)cc1OC(F)F. The zero-order chi connectivity index (χ0) is 19.2. The van der Waals surface area contributed by atoms with E-state index in [0.717, 1.165) is 24.1 Å². The molecule has 144 valence electrons. The van der Waals surface area contributed by atoms with Gasteiger partial charge in [-0.05, 0) is 42.2 Å². The molecule has 0 spiro atoms. The zero-order valence-corrected chi connectivity index (χ0v) is 15.1. The molecule has 27 heavy (non-hydrogen) atoms. The van der Waals surface area contributed by atoms with Crippen molar-refractivity contribution in [2.45, 2.75) is 26.0 Å². The average Bonchev–Trinajstić information content (AvgIpc) is 2.67. The van der Waals surface area contributed by atoms with Gasteiger partial charge in [0.05, 0.1) is 13.7 Å². The summed E-state index contributed by atoms with van der Waals surface area (Å²) in [4.78, 5) is 14.4. The number of rotatable bonds is 7. The minimum absolute atomic E-state index is 0.0142. The van der Waals surface area contributed by atoms with Crippen LogP contribution in [0.2, 0.25) is 0 Å². The van der Waals surface area contributed by atoms with Crippen LogP contribution in [0.3, 0.4) is 0 Å². The van der Waals surface area contributed by atoms with Gasteiger partial charge in [-0.1, -0.05) is 24.3 Å². The Morgan fingerprint density at radius 2 is 2.04 bits per heavy atom. The van der Waals surface area contributed by atoms with Crippen molar-refractivity contribution in [3.05, 3.63) is 53.6 Å². The third-order valence-electron chi connectivity index (χ3n) is 4.46. The Labute approximate surface area is 156 Å². The molecule has 0 radical (unpaired) electrons. The maximum absolute atomic E-state index is 12.6. The Hall–Kier alpha value is -2.67. The van der Waals surface area contributed by atoms with Gasteiger partial charge in [-0.25, -0.2) is 0 Å². The standard InChI is InChI=1S/C20H22F2N2O3/c1-26-17-9-8-14(11-18(17)27-20(21)22)12-23-13-19(25)24-10-4-6-15-5-2-3-7-16(15)24/h2-3,5,7-9,11,20,23H,4,6,10,12-13H2,1H3. The molecule has 1 amide bonds. The Bertz CT molecular complexity index is 799. The molecule has 0 aliphatic carbocycles. The number of carbonyl (C=O) groups excluding carboxylic acids is 1. The van der Waals surface area contributed by atoms with Gasteiger partial charge in [-0.15, -0.1) is 0 Å². The van der Waals surface area contributed by atoms with Gasteiger partial charge in [0, 0.05) is 18.8 Å². The quantitative estimate of drug-likeness (QED) is 0.805. The van der Waals surface area contributed by atoms with Crippen LogP contribution < -0.4 is 19.7 Å². The molecule has 3 rings (SSSR count). The molecule has 0 saturated carbocycles. The number of hydrogen-bond acceptors (Lipinski definition) is 4. The van der Waals surface area contributed by atoms with Crippen LogP contribution >= 0.6 is 0 Å². The minimum Gasteiger partial charge on any atom is -0.493 e. The van der Waals surface area contributed by atoms with Gasteiger partial charge in [-0.2, -0.15) is 8.78 Å². The molecule has 5 nitrogen and oxygen atoms in total. The van der Waals surface area contributed by atoms with E-state index in [4.69, 9.17) is 4.74 Å². The average molecular weight is 376 g/mol. The zero-order valence-electron chi connectivity index (χ0n) is 15.1. The van der Waals surface area contributed by atoms with Gasteiger partial charge >= 0.3 is 6.61 Å². The number of para-hydroxylation sites is 1. The fraction of sp³-hybridized carbons (Fsp3) is 0.350. The second kappa shape index (κ2) is 8.81. The summed E-state index contributed by atoms with van der Waals surface area (Å²) in [7, 11) is 1.39. The highest BCUT2D eigenvalue weighted by atomic mass is 19.3. The van der Waals surface area contributed by atoms with Gasteiger partial charge < -0.3 is 19.7 Å². The van der Waals surface area contributed by atoms with Crippen LogP contribution in [0, 0.1) is 0 Å². The highest BCUT2D eigenvalue weighted by Gasteiger charge is 2.21. The highest BCUT2D eigenvalue weighted by Crippen LogP contribution is 2.29. The largest absolute Gasteiger partial charge is 0.493 e. The van der Waals surface area contributed by atoms with Crippen LogP contribution in [0.1, 0.15) is 17.5 Å². The van der Waals surface area contributed by atoms with Crippen molar-refractivity contribution in [1.29, 1.82) is 0 Å². The molecule has 7 heteroatoms. The number of amides is 1. The molecule has 2 aromatic rings. The lowest BCUT2D eigenvalue weighted by atomic mass is 10.0. The lowest BCUT2D eigenvalue weighted by Crippen LogP contribution is -2.41. The van der Waals surface area contributed by atoms with E-state index >= 15 is 0 Å². The van der Waals surface area contributed by atoms with Crippen LogP contribution in [0.5, 0.6) is 11.5 Å². The molecule has 1 heterocycles. The number of benzene rings is 2. The molecule has 0 bridgehead atoms. The number of hydrogen-bond donors (Lipinski definition) is 1. The summed E-state index contributed by atoms with van der Waals surface area (Å²) in [6.45, 7) is -1.72. The number of nitrogens with one attached hydrogen (secondary N) is 1. The first-order chi connectivity index (χ1) is 13.1. The molecular formula is C20H22F2N2O3. The molecule has 1 aliphatic rings. The number of carbonyl (C=O) groups is 1. The van der Waals surface area contributed by atoms with Crippen LogP contribution in [0.25, 0.3) is 0 Å². The number of methoxy groups -OCH3 is 1. The van der Waals surface area contributed by atoms with Gasteiger partial charge in [0.1, 0.15) is 0 Å². The number of halogens is 2. The molecule has 2 aromatic carbocycles. The second-order valence-corrected chi connectivity index (χ2v) is 6.24. The third kappa shape index (κ3) is 4.74. The van der Waals surface area contributed by atoms with Crippen LogP contribution in [0.4, 0.5) is 14.5 Å². The number of aryl methyl sites for hydroxylation is 1. The van der Waals surface area contributed by atoms with E-state index in [0.29, 0.717) is 13.1 Å². The van der Waals surface area contributed by atoms with Crippen molar-refractivity contribution >= 4 is 11.6 Å². The van der Waals surface area contributed by atoms with Crippen molar-refractivity contribution in [3.8, 4) is 11.5 Å². The maximum atomic E-state index is 12.6. The lowest BCUT2D eigenvalue weighted by molar-refractivity contribution is -0.117. The normalized spacial score (nSPS) is 13.4. The molecule has 0 aromatic heterocycles. The maximum Gasteiger partial charge on any atom is 0.387 e. The van der Waals surface area contributed by atoms with Crippen LogP contribution in [0.15, 0.2) is 42.5 Å². The van der Waals surface area contributed by atoms with Crippen molar-refractivity contribution < 1.29 is 23.0 Å². The topological polar surface area (TPSA) is 50.8 Å². The molecule has 0 unspecified atom stereocenters. The van der Waals surface area contributed by atoms with Crippen molar-refractivity contribution in [2.75, 3.05) is 25.1 Å². The molecule has 1 N–H and O–H groups in total. The first-order valence-electron chi connectivity index (χ1n) is 8.79.